The molecule has 5 fully saturated rings. The summed E-state index contributed by atoms with van der Waals surface area (Å²) in [4.78, 5) is 14.6. The van der Waals surface area contributed by atoms with Crippen molar-refractivity contribution < 1.29 is 9.53 Å². The molecule has 182 valence electrons. The number of rotatable bonds is 4. The van der Waals surface area contributed by atoms with Crippen molar-refractivity contribution in [3.8, 4) is 11.8 Å². The van der Waals surface area contributed by atoms with E-state index in [0.717, 1.165) is 40.4 Å². The Morgan fingerprint density at radius 2 is 1.63 bits per heavy atom. The molecular formula is C30H35N3O2. The van der Waals surface area contributed by atoms with Gasteiger partial charge in [-0.05, 0) is 111 Å². The highest BCUT2D eigenvalue weighted by Crippen LogP contribution is 2.60. The first-order valence-corrected chi connectivity index (χ1v) is 13.2. The number of hydrogen-bond acceptors (Lipinski definition) is 3. The minimum atomic E-state index is -0.208. The summed E-state index contributed by atoms with van der Waals surface area (Å²) < 4.78 is 7.58. The minimum absolute atomic E-state index is 0.185. The van der Waals surface area contributed by atoms with Gasteiger partial charge in [0.15, 0.2) is 0 Å². The average molecular weight is 470 g/mol. The molecule has 4 saturated carbocycles. The molecule has 2 heterocycles. The van der Waals surface area contributed by atoms with Crippen molar-refractivity contribution in [1.82, 2.24) is 9.47 Å². The number of nitriles is 1. The second-order valence-electron chi connectivity index (χ2n) is 11.5. The van der Waals surface area contributed by atoms with Crippen LogP contribution >= 0.6 is 0 Å². The summed E-state index contributed by atoms with van der Waals surface area (Å²) in [6, 6.07) is 13.5. The van der Waals surface area contributed by atoms with E-state index < -0.39 is 0 Å². The summed E-state index contributed by atoms with van der Waals surface area (Å²) in [5.74, 6) is 2.62. The predicted molar refractivity (Wildman–Crippen MR) is 136 cm³/mol. The van der Waals surface area contributed by atoms with Crippen molar-refractivity contribution in [2.45, 2.75) is 57.8 Å². The first kappa shape index (κ1) is 22.6. The SMILES string of the molecule is Cc1cc(/C=C(/C#N)C(=O)N2CCOCC2)c(C)n1-c1ccc(C23CC4CC(CC(C4)C2)C3)cc1. The van der Waals surface area contributed by atoms with Gasteiger partial charge in [0.2, 0.25) is 0 Å². The summed E-state index contributed by atoms with van der Waals surface area (Å²) in [5.41, 5.74) is 6.34. The van der Waals surface area contributed by atoms with Crippen LogP contribution in [-0.2, 0) is 14.9 Å². The van der Waals surface area contributed by atoms with Crippen LogP contribution in [0.1, 0.15) is 61.0 Å². The molecule has 1 saturated heterocycles. The van der Waals surface area contributed by atoms with Crippen LogP contribution in [0.15, 0.2) is 35.9 Å². The van der Waals surface area contributed by atoms with Crippen molar-refractivity contribution >= 4 is 12.0 Å². The van der Waals surface area contributed by atoms with Crippen molar-refractivity contribution in [2.75, 3.05) is 26.3 Å². The van der Waals surface area contributed by atoms with Gasteiger partial charge < -0.3 is 14.2 Å². The zero-order valence-corrected chi connectivity index (χ0v) is 20.9. The van der Waals surface area contributed by atoms with Gasteiger partial charge in [-0.25, -0.2) is 0 Å². The first-order chi connectivity index (χ1) is 17.0. The molecular weight excluding hydrogens is 434 g/mol. The smallest absolute Gasteiger partial charge is 0.264 e. The van der Waals surface area contributed by atoms with E-state index >= 15 is 0 Å². The van der Waals surface area contributed by atoms with Gasteiger partial charge in [0.1, 0.15) is 11.6 Å². The number of carbonyl (C=O) groups is 1. The summed E-state index contributed by atoms with van der Waals surface area (Å²) in [5, 5.41) is 9.72. The lowest BCUT2D eigenvalue weighted by Crippen LogP contribution is -2.48. The van der Waals surface area contributed by atoms with Crippen molar-refractivity contribution in [3.05, 3.63) is 58.4 Å². The Morgan fingerprint density at radius 3 is 2.20 bits per heavy atom. The number of aromatic nitrogens is 1. The van der Waals surface area contributed by atoms with Gasteiger partial charge in [-0.15, -0.1) is 0 Å². The molecule has 5 nitrogen and oxygen atoms in total. The molecule has 0 unspecified atom stereocenters. The second kappa shape index (κ2) is 8.68. The lowest BCUT2D eigenvalue weighted by molar-refractivity contribution is -0.130. The Bertz CT molecular complexity index is 1170. The molecule has 4 bridgehead atoms. The van der Waals surface area contributed by atoms with Gasteiger partial charge in [0.25, 0.3) is 5.91 Å². The quantitative estimate of drug-likeness (QED) is 0.449. The minimum Gasteiger partial charge on any atom is -0.378 e. The van der Waals surface area contributed by atoms with E-state index in [1.807, 2.05) is 0 Å². The molecule has 0 spiro atoms. The van der Waals surface area contributed by atoms with Crippen LogP contribution < -0.4 is 0 Å². The largest absolute Gasteiger partial charge is 0.378 e. The second-order valence-corrected chi connectivity index (χ2v) is 11.5. The number of carbonyl (C=O) groups excluding carboxylic acids is 1. The third-order valence-corrected chi connectivity index (χ3v) is 9.20. The van der Waals surface area contributed by atoms with Gasteiger partial charge in [-0.2, -0.15) is 5.26 Å². The molecule has 1 aromatic heterocycles. The van der Waals surface area contributed by atoms with Crippen LogP contribution in [0.4, 0.5) is 0 Å². The fraction of sp³-hybridized carbons (Fsp3) is 0.533. The van der Waals surface area contributed by atoms with Crippen LogP contribution in [0, 0.1) is 42.9 Å². The van der Waals surface area contributed by atoms with Gasteiger partial charge in [-0.1, -0.05) is 12.1 Å². The standard InChI is InChI=1S/C30H35N3O2/c1-20-11-25(15-26(19-31)29(34)32-7-9-35-10-8-32)21(2)33(20)28-5-3-27(4-6-28)30-16-22-12-23(17-30)14-24(13-22)18-30/h3-6,11,15,22-24H,7-10,12-14,16-18H2,1-2H3/b26-15-. The molecule has 7 rings (SSSR count). The van der Waals surface area contributed by atoms with Crippen LogP contribution in [0.2, 0.25) is 0 Å². The van der Waals surface area contributed by atoms with Crippen LogP contribution in [0.5, 0.6) is 0 Å². The van der Waals surface area contributed by atoms with Crippen LogP contribution in [0.3, 0.4) is 0 Å². The number of nitrogens with zero attached hydrogens (tertiary/aromatic N) is 3. The number of morpholine rings is 1. The zero-order chi connectivity index (χ0) is 24.2. The lowest BCUT2D eigenvalue weighted by atomic mass is 9.48. The highest BCUT2D eigenvalue weighted by molar-refractivity contribution is 6.01. The number of amides is 1. The number of ether oxygens (including phenoxy) is 1. The van der Waals surface area contributed by atoms with E-state index in [0.29, 0.717) is 31.7 Å². The third-order valence-electron chi connectivity index (χ3n) is 9.20. The summed E-state index contributed by atoms with van der Waals surface area (Å²) in [6.45, 7) is 6.28. The molecule has 5 heteroatoms. The zero-order valence-electron chi connectivity index (χ0n) is 20.9. The molecule has 1 aromatic carbocycles. The Balaban J connectivity index is 1.27. The third kappa shape index (κ3) is 3.93. The number of hydrogen-bond donors (Lipinski definition) is 0. The highest BCUT2D eigenvalue weighted by Gasteiger charge is 2.51. The number of benzene rings is 1. The Kier molecular flexibility index (Phi) is 5.60. The maximum Gasteiger partial charge on any atom is 0.264 e. The molecule has 0 atom stereocenters. The van der Waals surface area contributed by atoms with Gasteiger partial charge in [0.05, 0.1) is 13.2 Å². The summed E-state index contributed by atoms with van der Waals surface area (Å²) in [7, 11) is 0. The Morgan fingerprint density at radius 1 is 1.03 bits per heavy atom. The first-order valence-electron chi connectivity index (χ1n) is 13.2. The molecule has 35 heavy (non-hydrogen) atoms. The van der Waals surface area contributed by atoms with E-state index in [2.05, 4.69) is 54.8 Å². The predicted octanol–water partition coefficient (Wildman–Crippen LogP) is 5.33. The molecule has 5 aliphatic rings. The maximum atomic E-state index is 12.9. The monoisotopic (exact) mass is 469 g/mol. The average Bonchev–Trinajstić information content (AvgIpc) is 3.14. The molecule has 4 aliphatic carbocycles. The molecule has 0 radical (unpaired) electrons. The van der Waals surface area contributed by atoms with Gasteiger partial charge >= 0.3 is 0 Å². The number of aryl methyl sites for hydroxylation is 1. The molecule has 1 amide bonds. The molecule has 1 aliphatic heterocycles. The molecule has 2 aromatic rings. The summed E-state index contributed by atoms with van der Waals surface area (Å²) >= 11 is 0. The van der Waals surface area contributed by atoms with E-state index in [4.69, 9.17) is 4.74 Å². The maximum absolute atomic E-state index is 12.9. The van der Waals surface area contributed by atoms with E-state index in [9.17, 15) is 10.1 Å². The van der Waals surface area contributed by atoms with Crippen molar-refractivity contribution in [2.24, 2.45) is 17.8 Å². The topological polar surface area (TPSA) is 58.3 Å². The van der Waals surface area contributed by atoms with Crippen molar-refractivity contribution in [3.63, 3.8) is 0 Å². The Hall–Kier alpha value is -2.84. The van der Waals surface area contributed by atoms with Gasteiger partial charge in [-0.3, -0.25) is 4.79 Å². The lowest BCUT2D eigenvalue weighted by Gasteiger charge is -2.57. The van der Waals surface area contributed by atoms with Crippen LogP contribution in [-0.4, -0.2) is 41.7 Å². The molecule has 0 N–H and O–H groups in total. The normalized spacial score (nSPS) is 29.9. The summed E-state index contributed by atoms with van der Waals surface area (Å²) in [6.07, 6.45) is 10.3. The fourth-order valence-corrected chi connectivity index (χ4v) is 7.99. The van der Waals surface area contributed by atoms with E-state index in [1.54, 1.807) is 11.0 Å². The van der Waals surface area contributed by atoms with E-state index in [-0.39, 0.29) is 11.5 Å². The Labute approximate surface area is 208 Å². The highest BCUT2D eigenvalue weighted by atomic mass is 16.5. The van der Waals surface area contributed by atoms with Gasteiger partial charge in [0, 0.05) is 30.2 Å². The van der Waals surface area contributed by atoms with Crippen molar-refractivity contribution in [1.29, 1.82) is 5.26 Å². The fourth-order valence-electron chi connectivity index (χ4n) is 7.99. The van der Waals surface area contributed by atoms with Crippen LogP contribution in [0.25, 0.3) is 11.8 Å². The van der Waals surface area contributed by atoms with E-state index in [1.165, 1.54) is 44.1 Å².